The molecule has 1 aromatic rings. The number of rotatable bonds is 4. The highest BCUT2D eigenvalue weighted by Gasteiger charge is 2.27. The maximum atomic E-state index is 4.22. The SMILES string of the molecule is CN(Cc1ncnn1C)CC1CC(Br)C1. The van der Waals surface area contributed by atoms with E-state index < -0.39 is 0 Å². The molecule has 0 amide bonds. The van der Waals surface area contributed by atoms with E-state index in [9.17, 15) is 0 Å². The minimum Gasteiger partial charge on any atom is -0.299 e. The van der Waals surface area contributed by atoms with Crippen LogP contribution in [-0.2, 0) is 13.6 Å². The van der Waals surface area contributed by atoms with Crippen LogP contribution in [-0.4, -0.2) is 38.1 Å². The molecular weight excluding hydrogens is 256 g/mol. The minimum atomic E-state index is 0.755. The summed E-state index contributed by atoms with van der Waals surface area (Å²) >= 11 is 3.62. The van der Waals surface area contributed by atoms with Crippen molar-refractivity contribution in [2.24, 2.45) is 13.0 Å². The first-order valence-corrected chi connectivity index (χ1v) is 6.22. The molecule has 0 unspecified atom stereocenters. The Morgan fingerprint density at radius 2 is 2.33 bits per heavy atom. The molecule has 0 spiro atoms. The molecule has 0 bridgehead atoms. The third kappa shape index (κ3) is 2.78. The van der Waals surface area contributed by atoms with Gasteiger partial charge in [-0.2, -0.15) is 5.10 Å². The molecule has 1 saturated carbocycles. The van der Waals surface area contributed by atoms with Gasteiger partial charge in [-0.1, -0.05) is 15.9 Å². The molecule has 2 rings (SSSR count). The number of aromatic nitrogens is 3. The Kier molecular flexibility index (Phi) is 3.41. The van der Waals surface area contributed by atoms with E-state index >= 15 is 0 Å². The van der Waals surface area contributed by atoms with Gasteiger partial charge in [-0.3, -0.25) is 9.58 Å². The fourth-order valence-electron chi connectivity index (χ4n) is 2.01. The fraction of sp³-hybridized carbons (Fsp3) is 0.800. The van der Waals surface area contributed by atoms with Crippen LogP contribution in [0.3, 0.4) is 0 Å². The molecule has 0 N–H and O–H groups in total. The monoisotopic (exact) mass is 272 g/mol. The van der Waals surface area contributed by atoms with Crippen molar-refractivity contribution in [1.82, 2.24) is 19.7 Å². The van der Waals surface area contributed by atoms with E-state index in [1.807, 2.05) is 11.7 Å². The second kappa shape index (κ2) is 4.61. The lowest BCUT2D eigenvalue weighted by molar-refractivity contribution is 0.203. The first kappa shape index (κ1) is 11.1. The number of hydrogen-bond acceptors (Lipinski definition) is 3. The van der Waals surface area contributed by atoms with Crippen molar-refractivity contribution in [2.45, 2.75) is 24.2 Å². The number of nitrogens with zero attached hydrogens (tertiary/aromatic N) is 4. The van der Waals surface area contributed by atoms with Gasteiger partial charge in [-0.15, -0.1) is 0 Å². The van der Waals surface area contributed by atoms with E-state index in [1.165, 1.54) is 12.8 Å². The maximum absolute atomic E-state index is 4.22. The Balaban J connectivity index is 1.77. The first-order chi connectivity index (χ1) is 7.15. The summed E-state index contributed by atoms with van der Waals surface area (Å²) in [6, 6.07) is 0. The first-order valence-electron chi connectivity index (χ1n) is 5.30. The molecule has 0 aliphatic heterocycles. The molecule has 0 radical (unpaired) electrons. The number of alkyl halides is 1. The Hall–Kier alpha value is -0.420. The third-order valence-corrected chi connectivity index (χ3v) is 3.71. The van der Waals surface area contributed by atoms with Crippen molar-refractivity contribution in [2.75, 3.05) is 13.6 Å². The Morgan fingerprint density at radius 3 is 2.87 bits per heavy atom. The van der Waals surface area contributed by atoms with E-state index in [0.717, 1.165) is 29.7 Å². The Labute approximate surface area is 98.8 Å². The summed E-state index contributed by atoms with van der Waals surface area (Å²) in [5.74, 6) is 1.89. The summed E-state index contributed by atoms with van der Waals surface area (Å²) in [4.78, 5) is 7.31. The zero-order valence-corrected chi connectivity index (χ0v) is 10.8. The van der Waals surface area contributed by atoms with Crippen molar-refractivity contribution in [3.8, 4) is 0 Å². The summed E-state index contributed by atoms with van der Waals surface area (Å²) in [6.07, 6.45) is 4.23. The average molecular weight is 273 g/mol. The van der Waals surface area contributed by atoms with Crippen LogP contribution in [0.5, 0.6) is 0 Å². The average Bonchev–Trinajstić information content (AvgIpc) is 2.49. The highest BCUT2D eigenvalue weighted by molar-refractivity contribution is 9.09. The third-order valence-electron chi connectivity index (χ3n) is 2.96. The summed E-state index contributed by atoms with van der Waals surface area (Å²) in [5, 5.41) is 4.07. The number of halogens is 1. The largest absolute Gasteiger partial charge is 0.299 e. The molecule has 1 heterocycles. The predicted molar refractivity (Wildman–Crippen MR) is 62.8 cm³/mol. The topological polar surface area (TPSA) is 34.0 Å². The van der Waals surface area contributed by atoms with E-state index in [1.54, 1.807) is 6.33 Å². The van der Waals surface area contributed by atoms with Crippen LogP contribution in [0, 0.1) is 5.92 Å². The van der Waals surface area contributed by atoms with E-state index in [2.05, 4.69) is 38.0 Å². The molecule has 5 heteroatoms. The van der Waals surface area contributed by atoms with E-state index in [0.29, 0.717) is 0 Å². The van der Waals surface area contributed by atoms with Crippen LogP contribution in [0.1, 0.15) is 18.7 Å². The lowest BCUT2D eigenvalue weighted by atomic mass is 9.85. The van der Waals surface area contributed by atoms with E-state index in [-0.39, 0.29) is 0 Å². The van der Waals surface area contributed by atoms with Crippen molar-refractivity contribution in [3.63, 3.8) is 0 Å². The molecule has 0 atom stereocenters. The van der Waals surface area contributed by atoms with Crippen molar-refractivity contribution >= 4 is 15.9 Å². The van der Waals surface area contributed by atoms with Crippen LogP contribution in [0.4, 0.5) is 0 Å². The quantitative estimate of drug-likeness (QED) is 0.778. The lowest BCUT2D eigenvalue weighted by Crippen LogP contribution is -2.34. The van der Waals surface area contributed by atoms with Crippen LogP contribution in [0.25, 0.3) is 0 Å². The number of aryl methyl sites for hydroxylation is 1. The summed E-state index contributed by atoms with van der Waals surface area (Å²) in [6.45, 7) is 2.05. The predicted octanol–water partition coefficient (Wildman–Crippen LogP) is 1.42. The molecule has 84 valence electrons. The highest BCUT2D eigenvalue weighted by Crippen LogP contribution is 2.33. The van der Waals surface area contributed by atoms with Crippen molar-refractivity contribution in [3.05, 3.63) is 12.2 Å². The molecule has 1 aromatic heterocycles. The minimum absolute atomic E-state index is 0.755. The summed E-state index contributed by atoms with van der Waals surface area (Å²) in [5.41, 5.74) is 0. The molecule has 1 aliphatic carbocycles. The van der Waals surface area contributed by atoms with Gasteiger partial charge < -0.3 is 0 Å². The van der Waals surface area contributed by atoms with Crippen LogP contribution >= 0.6 is 15.9 Å². The van der Waals surface area contributed by atoms with Gasteiger partial charge in [0.1, 0.15) is 12.2 Å². The molecular formula is C10H17BrN4. The Bertz CT molecular complexity index is 319. The summed E-state index contributed by atoms with van der Waals surface area (Å²) in [7, 11) is 4.09. The van der Waals surface area contributed by atoms with E-state index in [4.69, 9.17) is 0 Å². The van der Waals surface area contributed by atoms with Gasteiger partial charge in [0.2, 0.25) is 0 Å². The zero-order chi connectivity index (χ0) is 10.8. The smallest absolute Gasteiger partial charge is 0.140 e. The van der Waals surface area contributed by atoms with Crippen LogP contribution < -0.4 is 0 Å². The normalized spacial score (nSPS) is 25.6. The van der Waals surface area contributed by atoms with Crippen molar-refractivity contribution in [1.29, 1.82) is 0 Å². The zero-order valence-electron chi connectivity index (χ0n) is 9.23. The van der Waals surface area contributed by atoms with Gasteiger partial charge in [0.25, 0.3) is 0 Å². The van der Waals surface area contributed by atoms with Crippen LogP contribution in [0.2, 0.25) is 0 Å². The second-order valence-electron chi connectivity index (χ2n) is 4.43. The van der Waals surface area contributed by atoms with Gasteiger partial charge in [0.05, 0.1) is 6.54 Å². The lowest BCUT2D eigenvalue weighted by Gasteiger charge is -2.34. The number of hydrogen-bond donors (Lipinski definition) is 0. The maximum Gasteiger partial charge on any atom is 0.140 e. The van der Waals surface area contributed by atoms with Gasteiger partial charge in [0, 0.05) is 18.4 Å². The standard InChI is InChI=1S/C10H17BrN4/c1-14(5-8-3-9(11)4-8)6-10-12-7-13-15(10)2/h7-9H,3-6H2,1-2H3. The van der Waals surface area contributed by atoms with Crippen molar-refractivity contribution < 1.29 is 0 Å². The second-order valence-corrected chi connectivity index (χ2v) is 5.73. The Morgan fingerprint density at radius 1 is 1.60 bits per heavy atom. The molecule has 0 saturated heterocycles. The van der Waals surface area contributed by atoms with Crippen LogP contribution in [0.15, 0.2) is 6.33 Å². The van der Waals surface area contributed by atoms with Gasteiger partial charge in [-0.25, -0.2) is 4.98 Å². The van der Waals surface area contributed by atoms with Gasteiger partial charge >= 0.3 is 0 Å². The molecule has 15 heavy (non-hydrogen) atoms. The van der Waals surface area contributed by atoms with Gasteiger partial charge in [0.15, 0.2) is 0 Å². The van der Waals surface area contributed by atoms with Gasteiger partial charge in [-0.05, 0) is 25.8 Å². The highest BCUT2D eigenvalue weighted by atomic mass is 79.9. The fourth-order valence-corrected chi connectivity index (χ4v) is 3.07. The molecule has 1 aliphatic rings. The molecule has 0 aromatic carbocycles. The molecule has 1 fully saturated rings. The summed E-state index contributed by atoms with van der Waals surface area (Å²) < 4.78 is 1.84. The molecule has 4 nitrogen and oxygen atoms in total.